The molecule has 124 valence electrons. The van der Waals surface area contributed by atoms with E-state index in [0.29, 0.717) is 10.7 Å². The second-order valence-corrected chi connectivity index (χ2v) is 7.18. The largest absolute Gasteiger partial charge is 0.325 e. The summed E-state index contributed by atoms with van der Waals surface area (Å²) in [6, 6.07) is 5.32. The first-order valence-electron chi connectivity index (χ1n) is 6.57. The van der Waals surface area contributed by atoms with Crippen molar-refractivity contribution in [3.8, 4) is 0 Å². The van der Waals surface area contributed by atoms with E-state index in [1.165, 1.54) is 11.8 Å². The monoisotopic (exact) mass is 391 g/mol. The van der Waals surface area contributed by atoms with Crippen LogP contribution in [0.1, 0.15) is 0 Å². The predicted octanol–water partition coefficient (Wildman–Crippen LogP) is 2.64. The molecule has 2 heterocycles. The molecular formula is C13H15Cl2N5OS2. The van der Waals surface area contributed by atoms with Crippen LogP contribution in [0.15, 0.2) is 34.6 Å². The van der Waals surface area contributed by atoms with E-state index >= 15 is 0 Å². The van der Waals surface area contributed by atoms with Crippen LogP contribution in [-0.2, 0) is 11.8 Å². The fourth-order valence-corrected chi connectivity index (χ4v) is 3.92. The van der Waals surface area contributed by atoms with Crippen LogP contribution >= 0.6 is 47.5 Å². The maximum Gasteiger partial charge on any atom is 0.242 e. The number of hydrogen-bond acceptors (Lipinski definition) is 6. The molecular weight excluding hydrogens is 377 g/mol. The van der Waals surface area contributed by atoms with Gasteiger partial charge in [-0.15, -0.1) is 34.4 Å². The minimum Gasteiger partial charge on any atom is -0.325 e. The van der Waals surface area contributed by atoms with Crippen molar-refractivity contribution in [1.82, 2.24) is 20.1 Å². The van der Waals surface area contributed by atoms with Gasteiger partial charge in [-0.25, -0.2) is 0 Å². The van der Waals surface area contributed by atoms with E-state index in [0.717, 1.165) is 21.7 Å². The van der Waals surface area contributed by atoms with Crippen LogP contribution in [0.3, 0.4) is 0 Å². The average molecular weight is 392 g/mol. The zero-order valence-corrected chi connectivity index (χ0v) is 15.4. The summed E-state index contributed by atoms with van der Waals surface area (Å²) in [6.45, 7) is 0. The van der Waals surface area contributed by atoms with Crippen molar-refractivity contribution in [3.63, 3.8) is 0 Å². The first-order chi connectivity index (χ1) is 10.6. The van der Waals surface area contributed by atoms with Gasteiger partial charge in [-0.3, -0.25) is 10.1 Å². The molecule has 1 aliphatic rings. The number of amides is 1. The number of carbonyl (C=O) groups excluding carboxylic acids is 1. The lowest BCUT2D eigenvalue weighted by molar-refractivity contribution is -0.117. The Balaban J connectivity index is 0.00000192. The minimum absolute atomic E-state index is 0. The van der Waals surface area contributed by atoms with Crippen molar-refractivity contribution < 1.29 is 4.79 Å². The normalized spacial score (nSPS) is 16.9. The van der Waals surface area contributed by atoms with Crippen molar-refractivity contribution in [2.75, 3.05) is 16.9 Å². The molecule has 0 radical (unpaired) electrons. The summed E-state index contributed by atoms with van der Waals surface area (Å²) in [5.41, 5.74) is 0.691. The maximum absolute atomic E-state index is 12.1. The lowest BCUT2D eigenvalue weighted by atomic mass is 10.2. The smallest absolute Gasteiger partial charge is 0.242 e. The Morgan fingerprint density at radius 3 is 3.00 bits per heavy atom. The summed E-state index contributed by atoms with van der Waals surface area (Å²) >= 11 is 9.44. The molecule has 1 atom stereocenters. The molecule has 1 amide bonds. The SMILES string of the molecule is Cl.Cn1cnnc1Sc1ccc(NC(=O)C2CSCN2)cc1Cl. The molecule has 1 saturated heterocycles. The second-order valence-electron chi connectivity index (χ2n) is 4.73. The molecule has 1 unspecified atom stereocenters. The molecule has 6 nitrogen and oxygen atoms in total. The van der Waals surface area contributed by atoms with E-state index < -0.39 is 0 Å². The number of aromatic nitrogens is 3. The lowest BCUT2D eigenvalue weighted by Gasteiger charge is -2.11. The Kier molecular flexibility index (Phi) is 6.60. The average Bonchev–Trinajstić information content (AvgIpc) is 3.14. The predicted molar refractivity (Wildman–Crippen MR) is 96.7 cm³/mol. The number of thioether (sulfide) groups is 1. The third-order valence-corrected chi connectivity index (χ3v) is 5.60. The molecule has 1 aromatic carbocycles. The van der Waals surface area contributed by atoms with Gasteiger partial charge in [-0.1, -0.05) is 11.6 Å². The van der Waals surface area contributed by atoms with E-state index in [1.54, 1.807) is 24.2 Å². The fraction of sp³-hybridized carbons (Fsp3) is 0.308. The van der Waals surface area contributed by atoms with Crippen molar-refractivity contribution in [3.05, 3.63) is 29.5 Å². The van der Waals surface area contributed by atoms with Gasteiger partial charge in [-0.2, -0.15) is 0 Å². The highest BCUT2D eigenvalue weighted by atomic mass is 35.5. The highest BCUT2D eigenvalue weighted by molar-refractivity contribution is 7.99. The molecule has 1 aliphatic heterocycles. The van der Waals surface area contributed by atoms with E-state index in [-0.39, 0.29) is 24.4 Å². The standard InChI is InChI=1S/C13H14ClN5OS2.ClH/c1-19-6-16-18-13(19)22-11-3-2-8(4-9(11)14)17-12(20)10-5-21-7-15-10;/h2-4,6,10,15H,5,7H2,1H3,(H,17,20);1H. The molecule has 0 bridgehead atoms. The molecule has 10 heteroatoms. The van der Waals surface area contributed by atoms with Crippen LogP contribution < -0.4 is 10.6 Å². The second kappa shape index (κ2) is 8.25. The number of benzene rings is 1. The molecule has 2 aromatic rings. The number of aryl methyl sites for hydroxylation is 1. The molecule has 2 N–H and O–H groups in total. The topological polar surface area (TPSA) is 71.8 Å². The molecule has 0 spiro atoms. The number of hydrogen-bond donors (Lipinski definition) is 2. The Hall–Kier alpha value is -0.930. The fourth-order valence-electron chi connectivity index (χ4n) is 1.92. The Labute approximate surface area is 153 Å². The van der Waals surface area contributed by atoms with Crippen LogP contribution in [0.4, 0.5) is 5.69 Å². The van der Waals surface area contributed by atoms with E-state index in [2.05, 4.69) is 20.8 Å². The Bertz CT molecular complexity index is 691. The quantitative estimate of drug-likeness (QED) is 0.834. The first-order valence-corrected chi connectivity index (χ1v) is 8.92. The van der Waals surface area contributed by atoms with Gasteiger partial charge in [0.1, 0.15) is 6.33 Å². The minimum atomic E-state index is -0.142. The van der Waals surface area contributed by atoms with Gasteiger partial charge >= 0.3 is 0 Å². The molecule has 1 fully saturated rings. The molecule has 0 saturated carbocycles. The zero-order chi connectivity index (χ0) is 15.5. The van der Waals surface area contributed by atoms with Crippen LogP contribution in [-0.4, -0.2) is 38.3 Å². The van der Waals surface area contributed by atoms with Crippen molar-refractivity contribution >= 4 is 59.1 Å². The first kappa shape index (κ1) is 18.4. The summed E-state index contributed by atoms with van der Waals surface area (Å²) in [5, 5.41) is 15.2. The van der Waals surface area contributed by atoms with Gasteiger partial charge < -0.3 is 9.88 Å². The van der Waals surface area contributed by atoms with Crippen LogP contribution in [0, 0.1) is 0 Å². The molecule has 3 rings (SSSR count). The summed E-state index contributed by atoms with van der Waals surface area (Å²) in [5.74, 6) is 1.57. The van der Waals surface area contributed by atoms with Crippen LogP contribution in [0.2, 0.25) is 5.02 Å². The van der Waals surface area contributed by atoms with Crippen molar-refractivity contribution in [2.24, 2.45) is 7.05 Å². The van der Waals surface area contributed by atoms with E-state index in [9.17, 15) is 4.79 Å². The number of carbonyl (C=O) groups is 1. The molecule has 23 heavy (non-hydrogen) atoms. The number of nitrogens with zero attached hydrogens (tertiary/aromatic N) is 3. The number of rotatable bonds is 4. The zero-order valence-electron chi connectivity index (χ0n) is 12.2. The molecule has 1 aromatic heterocycles. The summed E-state index contributed by atoms with van der Waals surface area (Å²) in [7, 11) is 1.87. The number of nitrogens with one attached hydrogen (secondary N) is 2. The van der Waals surface area contributed by atoms with Gasteiger partial charge in [0.2, 0.25) is 5.91 Å². The Morgan fingerprint density at radius 2 is 2.39 bits per heavy atom. The highest BCUT2D eigenvalue weighted by Gasteiger charge is 2.22. The summed E-state index contributed by atoms with van der Waals surface area (Å²) in [4.78, 5) is 12.9. The maximum atomic E-state index is 12.1. The Morgan fingerprint density at radius 1 is 1.57 bits per heavy atom. The number of halogens is 2. The summed E-state index contributed by atoms with van der Waals surface area (Å²) < 4.78 is 1.82. The van der Waals surface area contributed by atoms with Gasteiger partial charge in [-0.05, 0) is 30.0 Å². The van der Waals surface area contributed by atoms with Crippen molar-refractivity contribution in [2.45, 2.75) is 16.1 Å². The highest BCUT2D eigenvalue weighted by Crippen LogP contribution is 2.33. The van der Waals surface area contributed by atoms with Gasteiger partial charge in [0.25, 0.3) is 0 Å². The van der Waals surface area contributed by atoms with Crippen LogP contribution in [0.5, 0.6) is 0 Å². The van der Waals surface area contributed by atoms with E-state index in [4.69, 9.17) is 11.6 Å². The van der Waals surface area contributed by atoms with Crippen molar-refractivity contribution in [1.29, 1.82) is 0 Å². The van der Waals surface area contributed by atoms with Gasteiger partial charge in [0.05, 0.1) is 11.1 Å². The van der Waals surface area contributed by atoms with E-state index in [1.807, 2.05) is 23.7 Å². The van der Waals surface area contributed by atoms with Crippen LogP contribution in [0.25, 0.3) is 0 Å². The lowest BCUT2D eigenvalue weighted by Crippen LogP contribution is -2.37. The number of anilines is 1. The summed E-state index contributed by atoms with van der Waals surface area (Å²) in [6.07, 6.45) is 1.64. The third kappa shape index (κ3) is 4.54. The third-order valence-electron chi connectivity index (χ3n) is 3.10. The van der Waals surface area contributed by atoms with Gasteiger partial charge in [0.15, 0.2) is 5.16 Å². The van der Waals surface area contributed by atoms with Gasteiger partial charge in [0, 0.05) is 29.3 Å². The molecule has 0 aliphatic carbocycles.